The van der Waals surface area contributed by atoms with Gasteiger partial charge in [-0.1, -0.05) is 24.3 Å². The molecular formula is C13H12N2O3S2. The van der Waals surface area contributed by atoms with Gasteiger partial charge >= 0.3 is 0 Å². The van der Waals surface area contributed by atoms with Crippen molar-refractivity contribution in [3.8, 4) is 0 Å². The van der Waals surface area contributed by atoms with Crippen molar-refractivity contribution in [1.29, 1.82) is 0 Å². The SMILES string of the molecule is O=C(CS(=O)(=O)c1nccs1)N1Cc2ccccc2C1. The molecule has 0 radical (unpaired) electrons. The number of fused-ring (bicyclic) bond motifs is 1. The Hall–Kier alpha value is -1.73. The van der Waals surface area contributed by atoms with Crippen molar-refractivity contribution in [3.05, 3.63) is 47.0 Å². The summed E-state index contributed by atoms with van der Waals surface area (Å²) in [5.74, 6) is -0.898. The van der Waals surface area contributed by atoms with Crippen molar-refractivity contribution in [2.24, 2.45) is 0 Å². The number of nitrogens with zero attached hydrogens (tertiary/aromatic N) is 2. The van der Waals surface area contributed by atoms with Crippen molar-refractivity contribution < 1.29 is 13.2 Å². The molecule has 7 heteroatoms. The van der Waals surface area contributed by atoms with E-state index in [1.165, 1.54) is 6.20 Å². The molecule has 0 spiro atoms. The third kappa shape index (κ3) is 2.46. The van der Waals surface area contributed by atoms with Gasteiger partial charge in [0.05, 0.1) is 0 Å². The third-order valence-corrected chi connectivity index (χ3v) is 6.06. The molecule has 1 aliphatic rings. The predicted octanol–water partition coefficient (Wildman–Crippen LogP) is 1.46. The molecule has 20 heavy (non-hydrogen) atoms. The summed E-state index contributed by atoms with van der Waals surface area (Å²) in [6.07, 6.45) is 1.42. The van der Waals surface area contributed by atoms with E-state index in [9.17, 15) is 13.2 Å². The fraction of sp³-hybridized carbons (Fsp3) is 0.231. The predicted molar refractivity (Wildman–Crippen MR) is 74.9 cm³/mol. The van der Waals surface area contributed by atoms with E-state index in [1.807, 2.05) is 24.3 Å². The largest absolute Gasteiger partial charge is 0.333 e. The summed E-state index contributed by atoms with van der Waals surface area (Å²) < 4.78 is 24.1. The lowest BCUT2D eigenvalue weighted by Crippen LogP contribution is -2.31. The highest BCUT2D eigenvalue weighted by atomic mass is 32.2. The highest BCUT2D eigenvalue weighted by molar-refractivity contribution is 7.93. The molecule has 1 amide bonds. The number of hydrogen-bond donors (Lipinski definition) is 0. The minimum atomic E-state index is -3.62. The van der Waals surface area contributed by atoms with E-state index in [0.717, 1.165) is 22.5 Å². The summed E-state index contributed by atoms with van der Waals surface area (Å²) in [5.41, 5.74) is 2.15. The van der Waals surface area contributed by atoms with E-state index in [4.69, 9.17) is 0 Å². The quantitative estimate of drug-likeness (QED) is 0.861. The summed E-state index contributed by atoms with van der Waals surface area (Å²) in [6, 6.07) is 7.74. The van der Waals surface area contributed by atoms with Crippen LogP contribution in [0.5, 0.6) is 0 Å². The maximum Gasteiger partial charge on any atom is 0.238 e. The number of aromatic nitrogens is 1. The molecule has 2 heterocycles. The van der Waals surface area contributed by atoms with Gasteiger partial charge in [-0.15, -0.1) is 11.3 Å². The molecule has 3 rings (SSSR count). The van der Waals surface area contributed by atoms with E-state index < -0.39 is 15.6 Å². The van der Waals surface area contributed by atoms with E-state index in [0.29, 0.717) is 13.1 Å². The molecule has 1 aliphatic heterocycles. The van der Waals surface area contributed by atoms with Gasteiger partial charge in [0, 0.05) is 24.7 Å². The first-order valence-corrected chi connectivity index (χ1v) is 8.56. The summed E-state index contributed by atoms with van der Waals surface area (Å²) in [7, 11) is -3.62. The van der Waals surface area contributed by atoms with Crippen LogP contribution in [0.1, 0.15) is 11.1 Å². The summed E-state index contributed by atoms with van der Waals surface area (Å²) in [4.78, 5) is 17.5. The van der Waals surface area contributed by atoms with E-state index in [1.54, 1.807) is 10.3 Å². The summed E-state index contributed by atoms with van der Waals surface area (Å²) in [6.45, 7) is 0.949. The van der Waals surface area contributed by atoms with Crippen LogP contribution in [-0.2, 0) is 27.7 Å². The minimum Gasteiger partial charge on any atom is -0.333 e. The smallest absolute Gasteiger partial charge is 0.238 e. The summed E-state index contributed by atoms with van der Waals surface area (Å²) >= 11 is 1.03. The molecule has 0 unspecified atom stereocenters. The van der Waals surface area contributed by atoms with Gasteiger partial charge in [-0.3, -0.25) is 4.79 Å². The maximum atomic E-state index is 12.1. The minimum absolute atomic E-state index is 0.00237. The van der Waals surface area contributed by atoms with Crippen LogP contribution in [0.15, 0.2) is 40.2 Å². The maximum absolute atomic E-state index is 12.1. The van der Waals surface area contributed by atoms with Crippen LogP contribution in [0.3, 0.4) is 0 Å². The molecule has 5 nitrogen and oxygen atoms in total. The number of carbonyl (C=O) groups is 1. The van der Waals surface area contributed by atoms with Crippen LogP contribution in [0.25, 0.3) is 0 Å². The molecule has 0 fully saturated rings. The van der Waals surface area contributed by atoms with Crippen molar-refractivity contribution >= 4 is 27.1 Å². The standard InChI is InChI=1S/C13H12N2O3S2/c16-12(9-20(17,18)13-14-5-6-19-13)15-7-10-3-1-2-4-11(10)8-15/h1-6H,7-9H2. The topological polar surface area (TPSA) is 67.3 Å². The van der Waals surface area contributed by atoms with Gasteiger partial charge in [-0.05, 0) is 11.1 Å². The van der Waals surface area contributed by atoms with Crippen LogP contribution in [0, 0.1) is 0 Å². The van der Waals surface area contributed by atoms with Gasteiger partial charge in [0.1, 0.15) is 5.75 Å². The lowest BCUT2D eigenvalue weighted by atomic mass is 10.1. The van der Waals surface area contributed by atoms with Crippen molar-refractivity contribution in [3.63, 3.8) is 0 Å². The number of sulfone groups is 1. The molecule has 0 saturated heterocycles. The Morgan fingerprint density at radius 1 is 1.25 bits per heavy atom. The molecule has 0 aliphatic carbocycles. The Morgan fingerprint density at radius 3 is 2.45 bits per heavy atom. The lowest BCUT2D eigenvalue weighted by Gasteiger charge is -2.14. The molecule has 0 N–H and O–H groups in total. The number of rotatable bonds is 3. The fourth-order valence-electron chi connectivity index (χ4n) is 2.19. The molecule has 0 saturated carbocycles. The van der Waals surface area contributed by atoms with Gasteiger partial charge in [0.25, 0.3) is 0 Å². The zero-order valence-electron chi connectivity index (χ0n) is 10.5. The molecule has 104 valence electrons. The third-order valence-electron chi connectivity index (χ3n) is 3.18. The normalized spacial score (nSPS) is 14.3. The Balaban J connectivity index is 1.73. The molecule has 1 aromatic carbocycles. The zero-order chi connectivity index (χ0) is 14.2. The monoisotopic (exact) mass is 308 g/mol. The zero-order valence-corrected chi connectivity index (χ0v) is 12.2. The second kappa shape index (κ2) is 4.99. The van der Waals surface area contributed by atoms with Crippen molar-refractivity contribution in [2.75, 3.05) is 5.75 Å². The van der Waals surface area contributed by atoms with E-state index in [2.05, 4.69) is 4.98 Å². The van der Waals surface area contributed by atoms with E-state index >= 15 is 0 Å². The number of thiazole rings is 1. The highest BCUT2D eigenvalue weighted by Crippen LogP contribution is 2.23. The molecule has 0 atom stereocenters. The van der Waals surface area contributed by atoms with Crippen molar-refractivity contribution in [1.82, 2.24) is 9.88 Å². The van der Waals surface area contributed by atoms with Crippen molar-refractivity contribution in [2.45, 2.75) is 17.4 Å². The first-order valence-electron chi connectivity index (χ1n) is 6.03. The summed E-state index contributed by atoms with van der Waals surface area (Å²) in [5, 5.41) is 1.59. The first-order chi connectivity index (χ1) is 9.56. The van der Waals surface area contributed by atoms with Gasteiger partial charge in [-0.25, -0.2) is 13.4 Å². The van der Waals surface area contributed by atoms with E-state index in [-0.39, 0.29) is 10.2 Å². The van der Waals surface area contributed by atoms with Crippen LogP contribution < -0.4 is 0 Å². The van der Waals surface area contributed by atoms with Gasteiger partial charge in [0.2, 0.25) is 20.1 Å². The Kier molecular flexibility index (Phi) is 3.31. The van der Waals surface area contributed by atoms with Gasteiger partial charge in [-0.2, -0.15) is 0 Å². The lowest BCUT2D eigenvalue weighted by molar-refractivity contribution is -0.129. The average Bonchev–Trinajstić information content (AvgIpc) is 3.07. The molecule has 1 aromatic heterocycles. The van der Waals surface area contributed by atoms with Gasteiger partial charge < -0.3 is 4.90 Å². The first kappa shape index (κ1) is 13.3. The number of amides is 1. The van der Waals surface area contributed by atoms with Crippen LogP contribution in [-0.4, -0.2) is 30.0 Å². The van der Waals surface area contributed by atoms with Gasteiger partial charge in [0.15, 0.2) is 0 Å². The van der Waals surface area contributed by atoms with Crippen LogP contribution >= 0.6 is 11.3 Å². The highest BCUT2D eigenvalue weighted by Gasteiger charge is 2.28. The van der Waals surface area contributed by atoms with Crippen LogP contribution in [0.2, 0.25) is 0 Å². The number of hydrogen-bond acceptors (Lipinski definition) is 5. The second-order valence-corrected chi connectivity index (χ2v) is 7.63. The Morgan fingerprint density at radius 2 is 1.90 bits per heavy atom. The number of benzene rings is 1. The van der Waals surface area contributed by atoms with Crippen LogP contribution in [0.4, 0.5) is 0 Å². The average molecular weight is 308 g/mol. The Bertz CT molecular complexity index is 714. The second-order valence-electron chi connectivity index (χ2n) is 4.58. The fourth-order valence-corrected chi connectivity index (χ4v) is 4.33. The molecular weight excluding hydrogens is 296 g/mol. The molecule has 0 bridgehead atoms. The number of carbonyl (C=O) groups excluding carboxylic acids is 1. The Labute approximate surface area is 120 Å². The molecule has 2 aromatic rings.